The molecule has 0 radical (unpaired) electrons. The first-order valence-corrected chi connectivity index (χ1v) is 11.3. The van der Waals surface area contributed by atoms with Crippen LogP contribution in [0.25, 0.3) is 11.1 Å². The van der Waals surface area contributed by atoms with Crippen molar-refractivity contribution in [3.8, 4) is 11.1 Å². The molecule has 0 atom stereocenters. The molecule has 1 aliphatic carbocycles. The van der Waals surface area contributed by atoms with Gasteiger partial charge in [0.05, 0.1) is 13.2 Å². The predicted octanol–water partition coefficient (Wildman–Crippen LogP) is 8.08. The Balaban J connectivity index is 1.51. The van der Waals surface area contributed by atoms with Crippen LogP contribution in [0.3, 0.4) is 0 Å². The van der Waals surface area contributed by atoms with Gasteiger partial charge in [-0.25, -0.2) is 0 Å². The summed E-state index contributed by atoms with van der Waals surface area (Å²) < 4.78 is 5.65. The van der Waals surface area contributed by atoms with E-state index < -0.39 is 0 Å². The fourth-order valence-corrected chi connectivity index (χ4v) is 4.28. The fourth-order valence-electron chi connectivity index (χ4n) is 4.28. The summed E-state index contributed by atoms with van der Waals surface area (Å²) in [6, 6.07) is 18.0. The Morgan fingerprint density at radius 3 is 2.17 bits per heavy atom. The van der Waals surface area contributed by atoms with Crippen LogP contribution in [0.2, 0.25) is 0 Å². The Kier molecular flexibility index (Phi) is 8.77. The van der Waals surface area contributed by atoms with E-state index in [0.29, 0.717) is 6.61 Å². The zero-order chi connectivity index (χ0) is 20.3. The van der Waals surface area contributed by atoms with Crippen molar-refractivity contribution in [1.82, 2.24) is 0 Å². The lowest BCUT2D eigenvalue weighted by Gasteiger charge is -2.28. The molecule has 1 aliphatic rings. The quantitative estimate of drug-likeness (QED) is 0.295. The topological polar surface area (TPSA) is 9.23 Å². The molecule has 1 heteroatoms. The third kappa shape index (κ3) is 6.72. The highest BCUT2D eigenvalue weighted by molar-refractivity contribution is 5.64. The van der Waals surface area contributed by atoms with Gasteiger partial charge in [-0.15, -0.1) is 6.58 Å². The summed E-state index contributed by atoms with van der Waals surface area (Å²) in [5.74, 6) is 1.64. The number of allylic oxidation sites excluding steroid dienone is 2. The summed E-state index contributed by atoms with van der Waals surface area (Å²) >= 11 is 0. The van der Waals surface area contributed by atoms with E-state index >= 15 is 0 Å². The second kappa shape index (κ2) is 11.8. The molecule has 29 heavy (non-hydrogen) atoms. The maximum absolute atomic E-state index is 5.65. The Bertz CT molecular complexity index is 746. The van der Waals surface area contributed by atoms with Gasteiger partial charge in [0.25, 0.3) is 0 Å². The zero-order valence-corrected chi connectivity index (χ0v) is 18.0. The monoisotopic (exact) mass is 388 g/mol. The van der Waals surface area contributed by atoms with E-state index in [0.717, 1.165) is 31.3 Å². The standard InChI is InChI=1S/C28H36O/c1-3-5-7-8-23-9-13-25(14-10-23)27-17-19-28(20-18-27)26-15-11-24(12-16-26)22-29-21-6-4-2/h4-5,7,11-12,15-20,23,25H,2-3,6,8-10,13-14,21-22H2,1H3/t23-,25-. The van der Waals surface area contributed by atoms with Crippen molar-refractivity contribution >= 4 is 0 Å². The third-order valence-electron chi connectivity index (χ3n) is 6.12. The number of ether oxygens (including phenoxy) is 1. The summed E-state index contributed by atoms with van der Waals surface area (Å²) in [7, 11) is 0. The van der Waals surface area contributed by atoms with Gasteiger partial charge >= 0.3 is 0 Å². The SMILES string of the molecule is C=CCCOCc1ccc(-c2ccc([C@H]3CC[C@H](CC=CCC)CC3)cc2)cc1. The normalized spacial score (nSPS) is 19.5. The molecule has 0 heterocycles. The van der Waals surface area contributed by atoms with Crippen molar-refractivity contribution in [2.75, 3.05) is 6.61 Å². The average molecular weight is 389 g/mol. The predicted molar refractivity (Wildman–Crippen MR) is 125 cm³/mol. The Morgan fingerprint density at radius 1 is 0.897 bits per heavy atom. The Hall–Kier alpha value is -2.12. The van der Waals surface area contributed by atoms with Crippen LogP contribution in [0.4, 0.5) is 0 Å². The van der Waals surface area contributed by atoms with Crippen molar-refractivity contribution in [1.29, 1.82) is 0 Å². The van der Waals surface area contributed by atoms with Gasteiger partial charge in [-0.2, -0.15) is 0 Å². The highest BCUT2D eigenvalue weighted by atomic mass is 16.5. The lowest BCUT2D eigenvalue weighted by atomic mass is 9.77. The number of hydrogen-bond acceptors (Lipinski definition) is 1. The Morgan fingerprint density at radius 2 is 1.55 bits per heavy atom. The molecule has 0 amide bonds. The first-order chi connectivity index (χ1) is 14.3. The molecule has 0 bridgehead atoms. The van der Waals surface area contributed by atoms with Gasteiger partial charge in [-0.3, -0.25) is 0 Å². The first kappa shape index (κ1) is 21.6. The molecule has 2 aromatic carbocycles. The second-order valence-electron chi connectivity index (χ2n) is 8.28. The minimum Gasteiger partial charge on any atom is -0.376 e. The summed E-state index contributed by atoms with van der Waals surface area (Å²) in [5.41, 5.74) is 5.31. The van der Waals surface area contributed by atoms with Gasteiger partial charge in [0.1, 0.15) is 0 Å². The molecular weight excluding hydrogens is 352 g/mol. The smallest absolute Gasteiger partial charge is 0.0717 e. The van der Waals surface area contributed by atoms with Crippen LogP contribution in [-0.2, 0) is 11.3 Å². The van der Waals surface area contributed by atoms with Crippen molar-refractivity contribution in [3.63, 3.8) is 0 Å². The average Bonchev–Trinajstić information content (AvgIpc) is 2.78. The number of benzene rings is 2. The van der Waals surface area contributed by atoms with E-state index in [2.05, 4.69) is 74.2 Å². The van der Waals surface area contributed by atoms with Crippen LogP contribution in [0.1, 0.15) is 68.9 Å². The number of hydrogen-bond donors (Lipinski definition) is 0. The lowest BCUT2D eigenvalue weighted by molar-refractivity contribution is 0.125. The summed E-state index contributed by atoms with van der Waals surface area (Å²) in [6.07, 6.45) is 15.3. The third-order valence-corrected chi connectivity index (χ3v) is 6.12. The van der Waals surface area contributed by atoms with Gasteiger partial charge in [0.15, 0.2) is 0 Å². The van der Waals surface area contributed by atoms with E-state index in [1.54, 1.807) is 0 Å². The van der Waals surface area contributed by atoms with Crippen molar-refractivity contribution in [2.24, 2.45) is 5.92 Å². The summed E-state index contributed by atoms with van der Waals surface area (Å²) in [6.45, 7) is 7.35. The maximum Gasteiger partial charge on any atom is 0.0717 e. The van der Waals surface area contributed by atoms with Crippen LogP contribution in [0, 0.1) is 5.92 Å². The van der Waals surface area contributed by atoms with Crippen molar-refractivity contribution < 1.29 is 4.74 Å². The first-order valence-electron chi connectivity index (χ1n) is 11.3. The van der Waals surface area contributed by atoms with Gasteiger partial charge in [0.2, 0.25) is 0 Å². The van der Waals surface area contributed by atoms with Gasteiger partial charge in [-0.1, -0.05) is 73.7 Å². The van der Waals surface area contributed by atoms with Gasteiger partial charge in [-0.05, 0) is 79.0 Å². The molecule has 0 aromatic heterocycles. The maximum atomic E-state index is 5.65. The van der Waals surface area contributed by atoms with E-state index in [9.17, 15) is 0 Å². The largest absolute Gasteiger partial charge is 0.376 e. The van der Waals surface area contributed by atoms with Gasteiger partial charge < -0.3 is 4.74 Å². The highest BCUT2D eigenvalue weighted by Crippen LogP contribution is 2.37. The highest BCUT2D eigenvalue weighted by Gasteiger charge is 2.21. The molecule has 1 nitrogen and oxygen atoms in total. The molecule has 3 rings (SSSR count). The molecule has 1 fully saturated rings. The molecule has 0 unspecified atom stereocenters. The molecule has 0 aliphatic heterocycles. The molecule has 1 saturated carbocycles. The van der Waals surface area contributed by atoms with Gasteiger partial charge in [0, 0.05) is 0 Å². The van der Waals surface area contributed by atoms with E-state index in [1.165, 1.54) is 54.4 Å². The molecule has 0 spiro atoms. The van der Waals surface area contributed by atoms with Crippen LogP contribution in [0.15, 0.2) is 73.3 Å². The molecule has 2 aromatic rings. The molecule has 0 saturated heterocycles. The molecule has 154 valence electrons. The van der Waals surface area contributed by atoms with E-state index in [-0.39, 0.29) is 0 Å². The lowest BCUT2D eigenvalue weighted by Crippen LogP contribution is -2.12. The number of rotatable bonds is 10. The van der Waals surface area contributed by atoms with Crippen molar-refractivity contribution in [3.05, 3.63) is 84.5 Å². The zero-order valence-electron chi connectivity index (χ0n) is 18.0. The van der Waals surface area contributed by atoms with Crippen LogP contribution in [0.5, 0.6) is 0 Å². The fraction of sp³-hybridized carbons (Fsp3) is 0.429. The molecule has 0 N–H and O–H groups in total. The van der Waals surface area contributed by atoms with Crippen LogP contribution < -0.4 is 0 Å². The second-order valence-corrected chi connectivity index (χ2v) is 8.28. The Labute approximate surface area is 177 Å². The summed E-state index contributed by atoms with van der Waals surface area (Å²) in [5, 5.41) is 0. The minimum absolute atomic E-state index is 0.671. The summed E-state index contributed by atoms with van der Waals surface area (Å²) in [4.78, 5) is 0. The van der Waals surface area contributed by atoms with Crippen LogP contribution >= 0.6 is 0 Å². The van der Waals surface area contributed by atoms with Crippen LogP contribution in [-0.4, -0.2) is 6.61 Å². The minimum atomic E-state index is 0.671. The van der Waals surface area contributed by atoms with Crippen molar-refractivity contribution in [2.45, 2.75) is 64.4 Å². The van der Waals surface area contributed by atoms with E-state index in [4.69, 9.17) is 4.74 Å². The molecular formula is C28H36O. The van der Waals surface area contributed by atoms with E-state index in [1.807, 2.05) is 6.08 Å².